The van der Waals surface area contributed by atoms with Gasteiger partial charge in [-0.2, -0.15) is 0 Å². The number of carbonyl (C=O) groups excluding carboxylic acids is 1. The molecule has 166 valence electrons. The van der Waals surface area contributed by atoms with E-state index >= 15 is 0 Å². The number of rotatable bonds is 6. The Balaban J connectivity index is 1.64. The number of benzene rings is 1. The molecule has 0 bridgehead atoms. The molecule has 0 spiro atoms. The van der Waals surface area contributed by atoms with Crippen LogP contribution in [-0.2, 0) is 10.2 Å². The van der Waals surface area contributed by atoms with E-state index in [1.165, 1.54) is 5.56 Å². The lowest BCUT2D eigenvalue weighted by Gasteiger charge is -2.34. The Morgan fingerprint density at radius 2 is 1.90 bits per heavy atom. The summed E-state index contributed by atoms with van der Waals surface area (Å²) in [5.41, 5.74) is 1.06. The van der Waals surface area contributed by atoms with Crippen molar-refractivity contribution in [3.63, 3.8) is 0 Å². The van der Waals surface area contributed by atoms with Crippen LogP contribution in [0.5, 0.6) is 11.5 Å². The molecule has 3 rings (SSSR count). The van der Waals surface area contributed by atoms with Crippen molar-refractivity contribution in [2.45, 2.75) is 45.4 Å². The normalized spacial score (nSPS) is 17.6. The molecule has 2 N–H and O–H groups in total. The zero-order valence-electron chi connectivity index (χ0n) is 18.8. The van der Waals surface area contributed by atoms with E-state index in [4.69, 9.17) is 14.5 Å². The van der Waals surface area contributed by atoms with Gasteiger partial charge in [-0.1, -0.05) is 19.9 Å². The molecule has 1 aromatic carbocycles. The lowest BCUT2D eigenvalue weighted by molar-refractivity contribution is -0.121. The first-order chi connectivity index (χ1) is 14.4. The van der Waals surface area contributed by atoms with Gasteiger partial charge in [-0.15, -0.1) is 0 Å². The maximum atomic E-state index is 11.7. The van der Waals surface area contributed by atoms with Crippen molar-refractivity contribution in [1.29, 1.82) is 0 Å². The first-order valence-corrected chi connectivity index (χ1v) is 11.1. The third-order valence-electron chi connectivity index (χ3n) is 5.95. The van der Waals surface area contributed by atoms with Crippen molar-refractivity contribution in [3.05, 3.63) is 23.8 Å². The summed E-state index contributed by atoms with van der Waals surface area (Å²) in [6, 6.07) is 6.19. The summed E-state index contributed by atoms with van der Waals surface area (Å²) in [6.45, 7) is 11.1. The molecule has 0 aliphatic carbocycles. The quantitative estimate of drug-likeness (QED) is 0.551. The minimum absolute atomic E-state index is 0.131. The van der Waals surface area contributed by atoms with Crippen molar-refractivity contribution < 1.29 is 14.3 Å². The predicted octanol–water partition coefficient (Wildman–Crippen LogP) is 2.55. The maximum absolute atomic E-state index is 11.7. The topological polar surface area (TPSA) is 75.2 Å². The summed E-state index contributed by atoms with van der Waals surface area (Å²) in [6.07, 6.45) is 2.65. The molecular weight excluding hydrogens is 380 g/mol. The number of hydrogen-bond acceptors (Lipinski definition) is 4. The minimum atomic E-state index is -0.131. The maximum Gasteiger partial charge on any atom is 0.220 e. The molecule has 0 radical (unpaired) electrons. The van der Waals surface area contributed by atoms with Crippen LogP contribution >= 0.6 is 0 Å². The molecular formula is C23H36N4O3. The second-order valence-electron chi connectivity index (χ2n) is 8.72. The Bertz CT molecular complexity index is 755. The molecule has 2 aliphatic rings. The SMILES string of the molecule is CCNC(=NCC(C)(C)c1ccc2c(c1)OCCO2)N1CCC(CC(=O)NC)CC1. The van der Waals surface area contributed by atoms with E-state index in [1.54, 1.807) is 7.05 Å². The molecule has 2 aliphatic heterocycles. The van der Waals surface area contributed by atoms with Crippen LogP contribution in [0.4, 0.5) is 0 Å². The van der Waals surface area contributed by atoms with E-state index in [0.717, 1.165) is 49.9 Å². The van der Waals surface area contributed by atoms with Crippen LogP contribution in [0.1, 0.15) is 45.6 Å². The highest BCUT2D eigenvalue weighted by Gasteiger charge is 2.26. The van der Waals surface area contributed by atoms with Gasteiger partial charge in [0.2, 0.25) is 5.91 Å². The fourth-order valence-corrected chi connectivity index (χ4v) is 3.97. The average molecular weight is 417 g/mol. The van der Waals surface area contributed by atoms with Crippen molar-refractivity contribution in [1.82, 2.24) is 15.5 Å². The predicted molar refractivity (Wildman–Crippen MR) is 119 cm³/mol. The summed E-state index contributed by atoms with van der Waals surface area (Å²) in [5.74, 6) is 3.19. The molecule has 1 amide bonds. The van der Waals surface area contributed by atoms with E-state index < -0.39 is 0 Å². The van der Waals surface area contributed by atoms with E-state index in [9.17, 15) is 4.79 Å². The highest BCUT2D eigenvalue weighted by molar-refractivity contribution is 5.80. The first kappa shape index (κ1) is 22.2. The number of ether oxygens (including phenoxy) is 2. The smallest absolute Gasteiger partial charge is 0.220 e. The highest BCUT2D eigenvalue weighted by Crippen LogP contribution is 2.35. The molecule has 0 saturated carbocycles. The number of hydrogen-bond donors (Lipinski definition) is 2. The van der Waals surface area contributed by atoms with E-state index in [-0.39, 0.29) is 11.3 Å². The van der Waals surface area contributed by atoms with Crippen LogP contribution in [0.25, 0.3) is 0 Å². The summed E-state index contributed by atoms with van der Waals surface area (Å²) in [7, 11) is 1.71. The van der Waals surface area contributed by atoms with Crippen molar-refractivity contribution in [2.24, 2.45) is 10.9 Å². The minimum Gasteiger partial charge on any atom is -0.486 e. The third-order valence-corrected chi connectivity index (χ3v) is 5.95. The van der Waals surface area contributed by atoms with E-state index in [1.807, 2.05) is 6.07 Å². The Hall–Kier alpha value is -2.44. The van der Waals surface area contributed by atoms with Gasteiger partial charge >= 0.3 is 0 Å². The second kappa shape index (κ2) is 10.0. The Kier molecular flexibility index (Phi) is 7.45. The van der Waals surface area contributed by atoms with Gasteiger partial charge < -0.3 is 25.0 Å². The Morgan fingerprint density at radius 1 is 1.20 bits per heavy atom. The van der Waals surface area contributed by atoms with Gasteiger partial charge in [0.1, 0.15) is 13.2 Å². The number of carbonyl (C=O) groups is 1. The van der Waals surface area contributed by atoms with Crippen LogP contribution in [0.2, 0.25) is 0 Å². The zero-order chi connectivity index (χ0) is 21.6. The van der Waals surface area contributed by atoms with Gasteiger partial charge in [-0.3, -0.25) is 9.79 Å². The molecule has 2 heterocycles. The molecule has 1 saturated heterocycles. The molecule has 0 atom stereocenters. The Labute approximate surface area is 180 Å². The lowest BCUT2D eigenvalue weighted by Crippen LogP contribution is -2.46. The summed E-state index contributed by atoms with van der Waals surface area (Å²) in [5, 5.41) is 6.18. The molecule has 7 heteroatoms. The van der Waals surface area contributed by atoms with Crippen LogP contribution in [0.15, 0.2) is 23.2 Å². The van der Waals surface area contributed by atoms with Crippen LogP contribution < -0.4 is 20.1 Å². The van der Waals surface area contributed by atoms with Crippen LogP contribution in [0, 0.1) is 5.92 Å². The highest BCUT2D eigenvalue weighted by atomic mass is 16.6. The number of aliphatic imine (C=N–C) groups is 1. The van der Waals surface area contributed by atoms with Gasteiger partial charge in [0.15, 0.2) is 17.5 Å². The fraction of sp³-hybridized carbons (Fsp3) is 0.652. The second-order valence-corrected chi connectivity index (χ2v) is 8.72. The molecule has 0 aromatic heterocycles. The van der Waals surface area contributed by atoms with E-state index in [0.29, 0.717) is 32.1 Å². The number of nitrogens with one attached hydrogen (secondary N) is 2. The van der Waals surface area contributed by atoms with Crippen LogP contribution in [0.3, 0.4) is 0 Å². The van der Waals surface area contributed by atoms with Gasteiger partial charge in [0, 0.05) is 38.5 Å². The fourth-order valence-electron chi connectivity index (χ4n) is 3.97. The number of guanidine groups is 1. The van der Waals surface area contributed by atoms with Gasteiger partial charge in [0.05, 0.1) is 6.54 Å². The largest absolute Gasteiger partial charge is 0.486 e. The molecule has 0 unspecified atom stereocenters. The molecule has 1 aromatic rings. The number of amides is 1. The zero-order valence-corrected chi connectivity index (χ0v) is 18.8. The first-order valence-electron chi connectivity index (χ1n) is 11.1. The monoisotopic (exact) mass is 416 g/mol. The van der Waals surface area contributed by atoms with Crippen molar-refractivity contribution >= 4 is 11.9 Å². The Morgan fingerprint density at radius 3 is 2.57 bits per heavy atom. The molecule has 1 fully saturated rings. The van der Waals surface area contributed by atoms with Crippen LogP contribution in [-0.4, -0.2) is 63.2 Å². The third kappa shape index (κ3) is 5.58. The van der Waals surface area contributed by atoms with Gasteiger partial charge in [0.25, 0.3) is 0 Å². The number of likely N-dealkylation sites (tertiary alicyclic amines) is 1. The average Bonchev–Trinajstić information content (AvgIpc) is 2.76. The van der Waals surface area contributed by atoms with E-state index in [2.05, 4.69) is 48.4 Å². The standard InChI is InChI=1S/C23H36N4O3/c1-5-25-22(27-10-8-17(9-11-27)14-21(28)24-4)26-16-23(2,3)18-6-7-19-20(15-18)30-13-12-29-19/h6-7,15,17H,5,8-14,16H2,1-4H3,(H,24,28)(H,25,26). The van der Waals surface area contributed by atoms with Gasteiger partial charge in [-0.25, -0.2) is 0 Å². The lowest BCUT2D eigenvalue weighted by atomic mass is 9.84. The van der Waals surface area contributed by atoms with Crippen molar-refractivity contribution in [2.75, 3.05) is 46.4 Å². The summed E-state index contributed by atoms with van der Waals surface area (Å²) in [4.78, 5) is 19.0. The summed E-state index contributed by atoms with van der Waals surface area (Å²) < 4.78 is 11.4. The number of fused-ring (bicyclic) bond motifs is 1. The molecule has 7 nitrogen and oxygen atoms in total. The molecule has 30 heavy (non-hydrogen) atoms. The van der Waals surface area contributed by atoms with Crippen molar-refractivity contribution in [3.8, 4) is 11.5 Å². The summed E-state index contributed by atoms with van der Waals surface area (Å²) >= 11 is 0. The van der Waals surface area contributed by atoms with Gasteiger partial charge in [-0.05, 0) is 43.4 Å². The number of piperidine rings is 1. The number of nitrogens with zero attached hydrogens (tertiary/aromatic N) is 2.